The number of rotatable bonds is 36. The molecule has 0 spiro atoms. The van der Waals surface area contributed by atoms with Crippen LogP contribution in [0.15, 0.2) is 183 Å². The molecule has 4 aromatic heterocycles. The highest BCUT2D eigenvalue weighted by Crippen LogP contribution is 2.44. The van der Waals surface area contributed by atoms with Crippen molar-refractivity contribution in [2.45, 2.75) is 217 Å². The first kappa shape index (κ1) is 85.6. The van der Waals surface area contributed by atoms with E-state index < -0.39 is 42.5 Å². The number of alkyl halides is 2. The molecule has 582 valence electrons. The second kappa shape index (κ2) is 44.6. The van der Waals surface area contributed by atoms with Crippen LogP contribution >= 0.6 is 45.9 Å². The summed E-state index contributed by atoms with van der Waals surface area (Å²) < 4.78 is 13.4. The third-order valence-corrected chi connectivity index (χ3v) is 24.1. The highest BCUT2D eigenvalue weighted by atomic mass is 35.5. The van der Waals surface area contributed by atoms with Gasteiger partial charge in [0.25, 0.3) is 0 Å². The van der Waals surface area contributed by atoms with Gasteiger partial charge < -0.3 is 45.8 Å². The van der Waals surface area contributed by atoms with E-state index in [0.717, 1.165) is 149 Å². The summed E-state index contributed by atoms with van der Waals surface area (Å²) in [4.78, 5) is 61.6. The molecule has 3 unspecified atom stereocenters. The van der Waals surface area contributed by atoms with E-state index in [0.29, 0.717) is 70.6 Å². The number of fused-ring (bicyclic) bond motifs is 4. The Labute approximate surface area is 660 Å². The summed E-state index contributed by atoms with van der Waals surface area (Å²) >= 11 is 12.7. The first-order valence-electron chi connectivity index (χ1n) is 39.1. The van der Waals surface area contributed by atoms with Crippen molar-refractivity contribution in [2.24, 2.45) is 29.4 Å². The minimum absolute atomic E-state index is 0.0155. The number of aromatic nitrogens is 2. The van der Waals surface area contributed by atoms with Crippen LogP contribution in [0.25, 0.3) is 41.7 Å². The van der Waals surface area contributed by atoms with Crippen LogP contribution in [0.3, 0.4) is 0 Å². The van der Waals surface area contributed by atoms with Crippen LogP contribution in [0.1, 0.15) is 210 Å². The fourth-order valence-electron chi connectivity index (χ4n) is 15.7. The summed E-state index contributed by atoms with van der Waals surface area (Å²) in [7, 11) is 0. The predicted molar refractivity (Wildman–Crippen MR) is 441 cm³/mol. The molecule has 2 fully saturated rings. The molecule has 12 atom stereocenters. The number of benzene rings is 6. The molecule has 15 nitrogen and oxygen atoms in total. The number of aliphatic hydroxyl groups is 6. The number of halogens is 2. The molecule has 0 saturated heterocycles. The van der Waals surface area contributed by atoms with Crippen LogP contribution in [-0.2, 0) is 54.7 Å². The molecule has 10 aromatic rings. The zero-order valence-corrected chi connectivity index (χ0v) is 66.2. The van der Waals surface area contributed by atoms with Crippen LogP contribution in [0, 0.1) is 23.7 Å². The van der Waals surface area contributed by atoms with Gasteiger partial charge in [-0.1, -0.05) is 181 Å². The minimum Gasteiger partial charge on any atom is -0.461 e. The quantitative estimate of drug-likeness (QED) is 0.0109. The van der Waals surface area contributed by atoms with E-state index in [2.05, 4.69) is 46.4 Å². The molecule has 12 rings (SSSR count). The monoisotopic (exact) mass is 1560 g/mol. The van der Waals surface area contributed by atoms with Gasteiger partial charge in [0, 0.05) is 92.9 Å². The van der Waals surface area contributed by atoms with Gasteiger partial charge in [-0.05, 0) is 186 Å². The Morgan fingerprint density at radius 1 is 0.468 bits per heavy atom. The molecular formula is C90H109Cl2N3O12S2. The first-order chi connectivity index (χ1) is 53.0. The van der Waals surface area contributed by atoms with Gasteiger partial charge in [0.15, 0.2) is 0 Å². The molecule has 8 N–H and O–H groups in total. The second-order valence-electron chi connectivity index (χ2n) is 28.9. The fraction of sp³-hybridized carbons (Fsp3) is 0.444. The normalized spacial score (nSPS) is 19.2. The lowest BCUT2D eigenvalue weighted by atomic mass is 9.84. The fourth-order valence-corrected chi connectivity index (χ4v) is 17.9. The summed E-state index contributed by atoms with van der Waals surface area (Å²) in [5, 5.41) is 71.2. The number of thiophene rings is 2. The maximum atomic E-state index is 13.3. The highest BCUT2D eigenvalue weighted by molar-refractivity contribution is 7.19. The topological polar surface area (TPSA) is 260 Å². The Kier molecular flexibility index (Phi) is 35.1. The summed E-state index contributed by atoms with van der Waals surface area (Å²) in [5.74, 6) is -0.831. The Hall–Kier alpha value is -7.36. The molecule has 0 radical (unpaired) electrons. The number of esters is 2. The number of hydrogen-bond acceptors (Lipinski definition) is 17. The molecule has 19 heteroatoms. The molecular weight excluding hydrogens is 1450 g/mol. The maximum absolute atomic E-state index is 13.3. The summed E-state index contributed by atoms with van der Waals surface area (Å²) in [6.45, 7) is 6.63. The van der Waals surface area contributed by atoms with Gasteiger partial charge in [-0.25, -0.2) is 0 Å². The van der Waals surface area contributed by atoms with Gasteiger partial charge in [0.1, 0.15) is 24.8 Å². The number of Topliss-reactive ketones (excluding diaryl/α,β-unsaturated/α-hetero) is 2. The number of nitrogens with zero attached hydrogens (tertiary/aromatic N) is 2. The molecule has 109 heavy (non-hydrogen) atoms. The van der Waals surface area contributed by atoms with E-state index in [1.165, 1.54) is 0 Å². The van der Waals surface area contributed by atoms with Gasteiger partial charge in [-0.2, -0.15) is 0 Å². The third kappa shape index (κ3) is 25.3. The summed E-state index contributed by atoms with van der Waals surface area (Å²) in [5.41, 5.74) is 11.6. The van der Waals surface area contributed by atoms with Crippen molar-refractivity contribution >= 4 is 111 Å². The molecule has 0 aliphatic heterocycles. The Balaban J connectivity index is 0.000000237. The van der Waals surface area contributed by atoms with Gasteiger partial charge >= 0.3 is 11.9 Å². The molecule has 4 heterocycles. The van der Waals surface area contributed by atoms with Gasteiger partial charge in [0.2, 0.25) is 0 Å². The number of ketones is 2. The van der Waals surface area contributed by atoms with Crippen LogP contribution in [0.4, 0.5) is 0 Å². The van der Waals surface area contributed by atoms with Crippen LogP contribution in [-0.4, -0.2) is 100 Å². The van der Waals surface area contributed by atoms with E-state index in [-0.39, 0.29) is 78.2 Å². The minimum atomic E-state index is -0.577. The van der Waals surface area contributed by atoms with Gasteiger partial charge in [-0.3, -0.25) is 29.1 Å². The molecule has 2 saturated carbocycles. The number of hydrogen-bond donors (Lipinski definition) is 7. The lowest BCUT2D eigenvalue weighted by molar-refractivity contribution is -0.146. The summed E-state index contributed by atoms with van der Waals surface area (Å²) in [6.07, 6.45) is 17.8. The second-order valence-corrected chi connectivity index (χ2v) is 32.0. The smallest absolute Gasteiger partial charge is 0.306 e. The van der Waals surface area contributed by atoms with Crippen LogP contribution in [0.2, 0.25) is 0 Å². The lowest BCUT2D eigenvalue weighted by Crippen LogP contribution is -2.23. The van der Waals surface area contributed by atoms with Crippen LogP contribution in [0.5, 0.6) is 0 Å². The number of unbranched alkanes of at least 4 members (excludes halogenated alkanes) is 6. The Morgan fingerprint density at radius 2 is 0.844 bits per heavy atom. The van der Waals surface area contributed by atoms with Crippen molar-refractivity contribution in [2.75, 3.05) is 11.9 Å². The van der Waals surface area contributed by atoms with E-state index in [4.69, 9.17) is 38.4 Å². The van der Waals surface area contributed by atoms with Crippen molar-refractivity contribution in [3.05, 3.63) is 226 Å². The van der Waals surface area contributed by atoms with E-state index in [1.807, 2.05) is 148 Å². The molecule has 6 aromatic carbocycles. The zero-order chi connectivity index (χ0) is 77.6. The average molecular weight is 1560 g/mol. The van der Waals surface area contributed by atoms with Crippen molar-refractivity contribution in [3.63, 3.8) is 0 Å². The standard InChI is InChI=1S/C44H51NO6S.C43H50N2O6S.C2H6.CH2Cl2/c1-2-35(39(47)24-30-15-18-34-27-45-22-21-32(34)23-30)31-16-13-29(14-17-31)28-51-44(50)12-6-4-3-5-10-36-37(41(49)26-40(36)48)19-20-38(46)43-25-33-9-7-8-11-42(33)52-43;44-25-36(38(47)22-29-13-16-33-26-45-20-19-31(33)21-29)30-14-11-28(12-15-30)27-51-43(50)10-4-2-1-3-8-34-35(40(49)24-39(34)48)17-18-37(46)42-23-32-7-5-6-9-41(32)52-42;1-2;2-1-3/h7-9,11,13-18,21-23,25,27,35-38,40-41,46,48-49H,2-6,10,12,19-20,24,26,28H2,1H3;5-7,9,11-16,19-21,23,26,34-37,39-40,46,48-49H,1-4,8,10,17-18,22,24-25,27,44H2;1-2H3;1H2/t35?,36?,37-,38-,40+,41-;34-,35-,36?,37-,39+,40-;;/m11../s1. The number of pyridine rings is 2. The van der Waals surface area contributed by atoms with E-state index in [1.54, 1.807) is 41.3 Å². The number of ether oxygens (including phenoxy) is 2. The summed E-state index contributed by atoms with van der Waals surface area (Å²) in [6, 6.07) is 51.6. The first-order valence-corrected chi connectivity index (χ1v) is 41.8. The van der Waals surface area contributed by atoms with Crippen molar-refractivity contribution in [3.8, 4) is 0 Å². The van der Waals surface area contributed by atoms with Gasteiger partial charge in [-0.15, -0.1) is 45.9 Å². The number of carbonyl (C=O) groups excluding carboxylic acids is 4. The number of aliphatic hydroxyl groups excluding tert-OH is 6. The highest BCUT2D eigenvalue weighted by Gasteiger charge is 2.42. The Bertz CT molecular complexity index is 4090. The lowest BCUT2D eigenvalue weighted by Gasteiger charge is -2.24. The SMILES string of the molecule is CC.CCC(C(=O)Cc1ccc2cnccc2c1)c1ccc(COC(=O)CCCCCCC2[C@@H](CC[C@@H](O)c3cc4ccccc4s3)[C@H](O)C[C@@H]2O)cc1.ClCCl.NCC(C(=O)Cc1ccc2cnccc2c1)c1ccc(COC(=O)CCCCCC[C@@H]2[C@@H](CC[C@@H](O)c3cc4ccccc4s3)[C@H](O)C[C@@H]2O)cc1. The third-order valence-electron chi connectivity index (χ3n) is 21.6. The van der Waals surface area contributed by atoms with Gasteiger partial charge in [0.05, 0.1) is 47.9 Å². The molecule has 0 bridgehead atoms. The van der Waals surface area contributed by atoms with Crippen molar-refractivity contribution in [1.82, 2.24) is 9.97 Å². The Morgan fingerprint density at radius 3 is 1.25 bits per heavy atom. The van der Waals surface area contributed by atoms with Crippen LogP contribution < -0.4 is 5.73 Å². The van der Waals surface area contributed by atoms with E-state index >= 15 is 0 Å². The van der Waals surface area contributed by atoms with Crippen molar-refractivity contribution < 1.29 is 59.3 Å². The maximum Gasteiger partial charge on any atom is 0.306 e. The van der Waals surface area contributed by atoms with Crippen molar-refractivity contribution in [1.29, 1.82) is 0 Å². The number of carbonyl (C=O) groups is 4. The average Bonchev–Trinajstić information content (AvgIpc) is 1.46. The molecule has 2 aliphatic rings. The largest absolute Gasteiger partial charge is 0.461 e. The predicted octanol–water partition coefficient (Wildman–Crippen LogP) is 19.0. The zero-order valence-electron chi connectivity index (χ0n) is 63.1. The number of nitrogens with two attached hydrogens (primary N) is 1. The van der Waals surface area contributed by atoms with E-state index in [9.17, 15) is 49.8 Å². The molecule has 0 amide bonds. The molecule has 2 aliphatic carbocycles.